The largest absolute Gasteiger partial charge is 0.451 e. The number of piperazine rings is 1. The Bertz CT molecular complexity index is 1110. The van der Waals surface area contributed by atoms with Gasteiger partial charge in [0.1, 0.15) is 11.4 Å². The molecule has 0 N–H and O–H groups in total. The number of furan rings is 1. The van der Waals surface area contributed by atoms with Crippen molar-refractivity contribution in [2.45, 2.75) is 0 Å². The van der Waals surface area contributed by atoms with Crippen molar-refractivity contribution in [3.05, 3.63) is 60.1 Å². The van der Waals surface area contributed by atoms with Gasteiger partial charge in [0, 0.05) is 31.6 Å². The van der Waals surface area contributed by atoms with Crippen LogP contribution < -0.4 is 4.90 Å². The van der Waals surface area contributed by atoms with Crippen molar-refractivity contribution in [2.75, 3.05) is 31.1 Å². The molecule has 2 aromatic heterocycles. The van der Waals surface area contributed by atoms with Gasteiger partial charge in [-0.2, -0.15) is 0 Å². The highest BCUT2D eigenvalue weighted by atomic mass is 32.1. The maximum Gasteiger partial charge on any atom is 0.289 e. The van der Waals surface area contributed by atoms with Gasteiger partial charge in [-0.3, -0.25) is 4.79 Å². The maximum absolute atomic E-state index is 13.4. The topological polar surface area (TPSA) is 49.6 Å². The zero-order chi connectivity index (χ0) is 18.4. The van der Waals surface area contributed by atoms with Gasteiger partial charge in [-0.05, 0) is 30.3 Å². The van der Waals surface area contributed by atoms with Crippen molar-refractivity contribution in [3.8, 4) is 0 Å². The van der Waals surface area contributed by atoms with Crippen molar-refractivity contribution in [1.82, 2.24) is 9.88 Å². The zero-order valence-electron chi connectivity index (χ0n) is 14.4. The Morgan fingerprint density at radius 3 is 2.70 bits per heavy atom. The fourth-order valence-corrected chi connectivity index (χ4v) is 4.41. The van der Waals surface area contributed by atoms with Crippen LogP contribution in [0.3, 0.4) is 0 Å². The predicted molar refractivity (Wildman–Crippen MR) is 104 cm³/mol. The molecule has 5 nitrogen and oxygen atoms in total. The summed E-state index contributed by atoms with van der Waals surface area (Å²) in [6.45, 7) is 2.57. The minimum absolute atomic E-state index is 0.0859. The third-order valence-corrected chi connectivity index (χ3v) is 5.89. The SMILES string of the molecule is O=C(c1cc2ccccc2o1)N1CCN(c2nc3ccc(F)cc3s2)CC1. The Morgan fingerprint density at radius 1 is 1.07 bits per heavy atom. The number of hydrogen-bond donors (Lipinski definition) is 0. The van der Waals surface area contributed by atoms with E-state index < -0.39 is 0 Å². The van der Waals surface area contributed by atoms with Crippen molar-refractivity contribution in [1.29, 1.82) is 0 Å². The first-order chi connectivity index (χ1) is 13.2. The van der Waals surface area contributed by atoms with Gasteiger partial charge in [0.15, 0.2) is 10.9 Å². The number of aromatic nitrogens is 1. The highest BCUT2D eigenvalue weighted by molar-refractivity contribution is 7.22. The summed E-state index contributed by atoms with van der Waals surface area (Å²) < 4.78 is 19.9. The van der Waals surface area contributed by atoms with Gasteiger partial charge in [0.05, 0.1) is 10.2 Å². The van der Waals surface area contributed by atoms with Crippen LogP contribution in [-0.4, -0.2) is 42.0 Å². The number of carbonyl (C=O) groups is 1. The van der Waals surface area contributed by atoms with Gasteiger partial charge in [-0.1, -0.05) is 29.5 Å². The molecule has 0 bridgehead atoms. The van der Waals surface area contributed by atoms with Crippen molar-refractivity contribution >= 4 is 43.6 Å². The van der Waals surface area contributed by atoms with E-state index in [4.69, 9.17) is 4.42 Å². The highest BCUT2D eigenvalue weighted by Crippen LogP contribution is 2.30. The molecule has 0 unspecified atom stereocenters. The number of halogens is 1. The molecule has 1 aliphatic heterocycles. The molecule has 0 saturated carbocycles. The number of nitrogens with zero attached hydrogens (tertiary/aromatic N) is 3. The molecule has 3 heterocycles. The van der Waals surface area contributed by atoms with Gasteiger partial charge < -0.3 is 14.2 Å². The van der Waals surface area contributed by atoms with Crippen molar-refractivity contribution in [2.24, 2.45) is 0 Å². The average Bonchev–Trinajstić information content (AvgIpc) is 3.31. The normalized spacial score (nSPS) is 15.0. The van der Waals surface area contributed by atoms with Gasteiger partial charge in [0.25, 0.3) is 5.91 Å². The summed E-state index contributed by atoms with van der Waals surface area (Å²) in [7, 11) is 0. The van der Waals surface area contributed by atoms with Crippen LogP contribution >= 0.6 is 11.3 Å². The number of carbonyl (C=O) groups excluding carboxylic acids is 1. The molecule has 1 saturated heterocycles. The van der Waals surface area contributed by atoms with Gasteiger partial charge in [0.2, 0.25) is 0 Å². The summed E-state index contributed by atoms with van der Waals surface area (Å²) in [5.41, 5.74) is 1.53. The van der Waals surface area contributed by atoms with E-state index in [1.807, 2.05) is 24.3 Å². The minimum Gasteiger partial charge on any atom is -0.451 e. The van der Waals surface area contributed by atoms with Gasteiger partial charge >= 0.3 is 0 Å². The molecule has 2 aromatic carbocycles. The second-order valence-corrected chi connectivity index (χ2v) is 7.55. The molecule has 27 heavy (non-hydrogen) atoms. The first kappa shape index (κ1) is 16.3. The van der Waals surface area contributed by atoms with Crippen LogP contribution in [0.2, 0.25) is 0 Å². The number of rotatable bonds is 2. The Balaban J connectivity index is 1.30. The molecule has 0 aliphatic carbocycles. The van der Waals surface area contributed by atoms with E-state index in [1.54, 1.807) is 17.0 Å². The molecule has 0 radical (unpaired) electrons. The Labute approximate surface area is 158 Å². The van der Waals surface area contributed by atoms with E-state index >= 15 is 0 Å². The van der Waals surface area contributed by atoms with Crippen molar-refractivity contribution < 1.29 is 13.6 Å². The highest BCUT2D eigenvalue weighted by Gasteiger charge is 2.26. The Hall–Kier alpha value is -2.93. The van der Waals surface area contributed by atoms with E-state index in [9.17, 15) is 9.18 Å². The molecule has 4 aromatic rings. The quantitative estimate of drug-likeness (QED) is 0.524. The minimum atomic E-state index is -0.251. The summed E-state index contributed by atoms with van der Waals surface area (Å²) in [6.07, 6.45) is 0. The summed E-state index contributed by atoms with van der Waals surface area (Å²) >= 11 is 1.48. The first-order valence-corrected chi connectivity index (χ1v) is 9.58. The lowest BCUT2D eigenvalue weighted by Crippen LogP contribution is -2.48. The van der Waals surface area contributed by atoms with Crippen LogP contribution in [0.15, 0.2) is 52.9 Å². The Morgan fingerprint density at radius 2 is 1.89 bits per heavy atom. The molecule has 0 spiro atoms. The van der Waals surface area contributed by atoms with Crippen LogP contribution in [0.4, 0.5) is 9.52 Å². The summed E-state index contributed by atoms with van der Waals surface area (Å²) in [5.74, 6) is 0.0382. The molecule has 5 rings (SSSR count). The van der Waals surface area contributed by atoms with E-state index in [2.05, 4.69) is 9.88 Å². The molecule has 1 aliphatic rings. The van der Waals surface area contributed by atoms with E-state index in [0.29, 0.717) is 31.9 Å². The van der Waals surface area contributed by atoms with Crippen LogP contribution in [-0.2, 0) is 0 Å². The average molecular weight is 381 g/mol. The lowest BCUT2D eigenvalue weighted by atomic mass is 10.2. The monoisotopic (exact) mass is 381 g/mol. The van der Waals surface area contributed by atoms with Gasteiger partial charge in [-0.25, -0.2) is 9.37 Å². The molecular formula is C20H16FN3O2S. The molecule has 1 amide bonds. The second kappa shape index (κ2) is 6.35. The van der Waals surface area contributed by atoms with E-state index in [0.717, 1.165) is 26.3 Å². The summed E-state index contributed by atoms with van der Waals surface area (Å²) in [6, 6.07) is 14.0. The summed E-state index contributed by atoms with van der Waals surface area (Å²) in [5, 5.41) is 1.80. The number of thiazole rings is 1. The Kier molecular flexibility index (Phi) is 3.82. The number of hydrogen-bond acceptors (Lipinski definition) is 5. The number of amides is 1. The zero-order valence-corrected chi connectivity index (χ0v) is 15.2. The first-order valence-electron chi connectivity index (χ1n) is 8.76. The van der Waals surface area contributed by atoms with Crippen LogP contribution in [0.1, 0.15) is 10.6 Å². The summed E-state index contributed by atoms with van der Waals surface area (Å²) in [4.78, 5) is 21.3. The second-order valence-electron chi connectivity index (χ2n) is 6.54. The predicted octanol–water partition coefficient (Wildman–Crippen LogP) is 4.14. The number of para-hydroxylation sites is 1. The maximum atomic E-state index is 13.4. The van der Waals surface area contributed by atoms with Gasteiger partial charge in [-0.15, -0.1) is 0 Å². The molecular weight excluding hydrogens is 365 g/mol. The number of fused-ring (bicyclic) bond motifs is 2. The van der Waals surface area contributed by atoms with Crippen molar-refractivity contribution in [3.63, 3.8) is 0 Å². The third kappa shape index (κ3) is 2.94. The van der Waals surface area contributed by atoms with Crippen LogP contribution in [0.5, 0.6) is 0 Å². The molecule has 0 atom stereocenters. The molecule has 1 fully saturated rings. The lowest BCUT2D eigenvalue weighted by molar-refractivity contribution is 0.0717. The van der Waals surface area contributed by atoms with E-state index in [1.165, 1.54) is 23.5 Å². The third-order valence-electron chi connectivity index (χ3n) is 4.81. The molecule has 136 valence electrons. The fourth-order valence-electron chi connectivity index (χ4n) is 3.37. The number of benzene rings is 2. The molecule has 7 heteroatoms. The fraction of sp³-hybridized carbons (Fsp3) is 0.200. The van der Waals surface area contributed by atoms with Crippen LogP contribution in [0.25, 0.3) is 21.2 Å². The smallest absolute Gasteiger partial charge is 0.289 e. The standard InChI is InChI=1S/C20H16FN3O2S/c21-14-5-6-15-18(12-14)27-20(22-15)24-9-7-23(8-10-24)19(25)17-11-13-3-1-2-4-16(13)26-17/h1-6,11-12H,7-10H2. The lowest BCUT2D eigenvalue weighted by Gasteiger charge is -2.34. The number of anilines is 1. The van der Waals surface area contributed by atoms with Crippen LogP contribution in [0, 0.1) is 5.82 Å². The van der Waals surface area contributed by atoms with E-state index in [-0.39, 0.29) is 11.7 Å².